The van der Waals surface area contributed by atoms with Crippen molar-refractivity contribution in [1.29, 1.82) is 0 Å². The first-order valence-electron chi connectivity index (χ1n) is 41.1. The molecule has 11 N–H and O–H groups in total. The molecule has 36 heteroatoms. The molecule has 0 saturated carbocycles. The van der Waals surface area contributed by atoms with Crippen molar-refractivity contribution in [3.8, 4) is 0 Å². The molecule has 1 aliphatic heterocycles. The van der Waals surface area contributed by atoms with Crippen molar-refractivity contribution in [3.63, 3.8) is 0 Å². The van der Waals surface area contributed by atoms with Crippen molar-refractivity contribution in [2.24, 2.45) is 0 Å². The number of H-pyrrole nitrogens is 4. The Morgan fingerprint density at radius 1 is 0.500 bits per heavy atom. The van der Waals surface area contributed by atoms with Crippen molar-refractivity contribution in [1.82, 2.24) is 77.3 Å². The van der Waals surface area contributed by atoms with Crippen molar-refractivity contribution < 1.29 is 105 Å². The van der Waals surface area contributed by atoms with Crippen LogP contribution < -0.4 is 50.8 Å². The van der Waals surface area contributed by atoms with Crippen LogP contribution in [0.3, 0.4) is 0 Å². The van der Waals surface area contributed by atoms with Crippen LogP contribution in [0.5, 0.6) is 0 Å². The number of amides is 6. The number of fused-ring (bicyclic) bond motifs is 5. The van der Waals surface area contributed by atoms with Crippen LogP contribution in [0.15, 0.2) is 140 Å². The van der Waals surface area contributed by atoms with Gasteiger partial charge in [0.05, 0.1) is 23.8 Å². The third-order valence-electron chi connectivity index (χ3n) is 17.8. The number of hydrogen-bond donors (Lipinski definition) is 11. The molecule has 0 radical (unpaired) electrons. The predicted octanol–water partition coefficient (Wildman–Crippen LogP) is 7.66. The molecule has 11 rings (SSSR count). The van der Waals surface area contributed by atoms with E-state index >= 15 is 0 Å². The number of nitrogens with zero attached hydrogens (tertiary/aromatic N) is 7. The molecular weight excluding hydrogens is 1600 g/mol. The van der Waals surface area contributed by atoms with Crippen molar-refractivity contribution in [2.45, 2.75) is 240 Å². The van der Waals surface area contributed by atoms with E-state index in [4.69, 9.17) is 29.6 Å². The van der Waals surface area contributed by atoms with Crippen molar-refractivity contribution >= 4 is 141 Å². The Bertz CT molecular complexity index is 5080. The van der Waals surface area contributed by atoms with E-state index in [0.29, 0.717) is 11.0 Å². The Balaban J connectivity index is 0.000000344. The monoisotopic (exact) mass is 1720 g/mol. The molecule has 34 nitrogen and oxygen atoms in total. The van der Waals surface area contributed by atoms with Crippen LogP contribution >= 0.6 is 0 Å². The zero-order valence-electron chi connectivity index (χ0n) is 73.5. The fraction of sp³-hybridized carbons (Fsp3) is 0.443. The van der Waals surface area contributed by atoms with Gasteiger partial charge in [-0.05, 0) is 133 Å². The van der Waals surface area contributed by atoms with Gasteiger partial charge in [-0.1, -0.05) is 117 Å². The van der Waals surface area contributed by atoms with Gasteiger partial charge in [0.2, 0.25) is 47.1 Å². The summed E-state index contributed by atoms with van der Waals surface area (Å²) in [4.78, 5) is 160. The van der Waals surface area contributed by atoms with Crippen LogP contribution in [-0.4, -0.2) is 209 Å². The molecule has 5 aromatic carbocycles. The average molecular weight is 1720 g/mol. The molecule has 0 unspecified atom stereocenters. The molecule has 5 aromatic heterocycles. The quantitative estimate of drug-likeness (QED) is 0.00469. The van der Waals surface area contributed by atoms with E-state index in [9.17, 15) is 57.5 Å². The van der Waals surface area contributed by atoms with E-state index < -0.39 is 114 Å². The first-order chi connectivity index (χ1) is 58.7. The number of carboxylic acid groups (broad SMARTS) is 1. The molecule has 662 valence electrons. The number of Topliss-reactive ketones (excluding diaryl/α,β-unsaturated/α-hetero) is 1. The zero-order chi connectivity index (χ0) is 90.5. The van der Waals surface area contributed by atoms with Crippen LogP contribution in [-0.2, 0) is 90.9 Å². The third-order valence-corrected chi connectivity index (χ3v) is 17.8. The SMILES string of the molecule is C1CCOC1.CC(=O)N[C@@H](Cc1c[nH]c2ccccc12)C(=O)N[C@@H](CCC(=O)C=[N+]=[N-])C(=O)OC(C)C.CC(=O)N[C@@H](Cc1c[nH]c2ccccc12)C(=O)N[C@@H](CCC(=O)O)C(=O)OC(C)C.CC(=O)N[C@@H](Cc1c[nH]c2ccccc12)C(=O)N[C@@H](CCC(=O)n1nnc2ccccc21)C(=O)OC(C)C.CCCCC.C[Si-](C)C.[Li+].c1ccc2n[nH]nc2c1. The van der Waals surface area contributed by atoms with Crippen molar-refractivity contribution in [3.05, 3.63) is 162 Å². The van der Waals surface area contributed by atoms with Gasteiger partial charge in [0.25, 0.3) is 0 Å². The first kappa shape index (κ1) is 104. The second-order valence-corrected chi connectivity index (χ2v) is 33.2. The summed E-state index contributed by atoms with van der Waals surface area (Å²) in [6, 6.07) is 31.3. The Morgan fingerprint density at radius 2 is 0.839 bits per heavy atom. The molecule has 0 aliphatic carbocycles. The maximum atomic E-state index is 13.3. The van der Waals surface area contributed by atoms with E-state index in [1.165, 1.54) is 57.6 Å². The fourth-order valence-electron chi connectivity index (χ4n) is 12.2. The largest absolute Gasteiger partial charge is 1.00 e. The molecule has 6 heterocycles. The summed E-state index contributed by atoms with van der Waals surface area (Å²) in [5.74, 6) is -7.00. The Hall–Kier alpha value is -12.3. The molecule has 0 spiro atoms. The van der Waals surface area contributed by atoms with Gasteiger partial charge in [-0.25, -0.2) is 14.4 Å². The van der Waals surface area contributed by atoms with Gasteiger partial charge in [0.15, 0.2) is 0 Å². The number of aromatic nitrogens is 9. The van der Waals surface area contributed by atoms with Gasteiger partial charge in [-0.3, -0.25) is 51.9 Å². The van der Waals surface area contributed by atoms with Crippen LogP contribution in [0.2, 0.25) is 19.6 Å². The van der Waals surface area contributed by atoms with Crippen LogP contribution in [0.4, 0.5) is 0 Å². The van der Waals surface area contributed by atoms with E-state index in [0.717, 1.165) is 79.9 Å². The van der Waals surface area contributed by atoms with Gasteiger partial charge in [0, 0.05) is 124 Å². The number of ether oxygens (including phenoxy) is 4. The summed E-state index contributed by atoms with van der Waals surface area (Å²) in [6.07, 6.45) is 11.3. The fourth-order valence-corrected chi connectivity index (χ4v) is 12.2. The van der Waals surface area contributed by atoms with Crippen molar-refractivity contribution in [2.75, 3.05) is 13.2 Å². The molecule has 1 aliphatic rings. The summed E-state index contributed by atoms with van der Waals surface area (Å²) >= 11 is 0. The van der Waals surface area contributed by atoms with Gasteiger partial charge in [-0.15, -0.1) is 5.10 Å². The number of rotatable bonds is 33. The van der Waals surface area contributed by atoms with Gasteiger partial charge >= 0.3 is 49.0 Å². The number of ketones is 1. The topological polar surface area (TPSA) is 490 Å². The second kappa shape index (κ2) is 55.7. The molecule has 6 atom stereocenters. The molecular formula is C88H118LiN17O17Si. The van der Waals surface area contributed by atoms with E-state index in [1.54, 1.807) is 84.4 Å². The summed E-state index contributed by atoms with van der Waals surface area (Å²) in [7, 11) is 0.120. The normalized spacial score (nSPS) is 12.6. The summed E-state index contributed by atoms with van der Waals surface area (Å²) in [6.45, 7) is 27.2. The molecule has 124 heavy (non-hydrogen) atoms. The van der Waals surface area contributed by atoms with E-state index in [2.05, 4.69) is 111 Å². The number of nitrogens with one attached hydrogen (secondary N) is 10. The number of aromatic amines is 4. The average Bonchev–Trinajstić information content (AvgIpc) is 1.68. The van der Waals surface area contributed by atoms with Gasteiger partial charge in [-0.2, -0.15) is 44.5 Å². The Kier molecular flexibility index (Phi) is 46.7. The second-order valence-electron chi connectivity index (χ2n) is 30.2. The number of hydrogen-bond acceptors (Lipinski definition) is 20. The van der Waals surface area contributed by atoms with Crippen LogP contribution in [0.1, 0.15) is 168 Å². The van der Waals surface area contributed by atoms with E-state index in [1.807, 2.05) is 97.1 Å². The molecule has 10 aromatic rings. The number of unbranched alkanes of at least 4 members (excludes halogenated alkanes) is 2. The number of para-hydroxylation sites is 6. The van der Waals surface area contributed by atoms with Crippen LogP contribution in [0.25, 0.3) is 60.3 Å². The number of carbonyl (C=O) groups is 12. The minimum atomic E-state index is -1.13. The number of carboxylic acids is 1. The summed E-state index contributed by atoms with van der Waals surface area (Å²) in [5, 5.41) is 45.6. The minimum Gasteiger partial charge on any atom is -0.481 e. The number of carbonyl (C=O) groups excluding carboxylic acids is 11. The standard InChI is InChI=1S/C27H30N6O5.C22H27N5O5.C21H27N3O6.C6H5N3.C5H12.C4H8O.C3H9Si.Li/c1-16(2)38-27(37)22(12-13-25(35)33-24-11-7-6-10-21(24)31-32-33)30-26(36)23(29-17(3)34)14-18-15-28-20-9-5-4-8-19(18)20;1-13(2)32-22(31)19(9-8-16(29)12-25-23)27-21(30)20(26-14(3)28)10-15-11-24-18-7-5-4-6-17(15)18;1-12(2)30-21(29)17(8-9-19(26)27)24-20(28)18(23-13(3)25)10-14-11-22-16-7-5-4-6-15(14)16;1-2-4-6-5(3-1)7-9-8-6;1-3-5-4-2;1-2-4-5-3-1;1-4(2)3;/h4-11,15-16,22-23,28H,12-14H2,1-3H3,(H,29,34)(H,30,36);4-7,11-13,19-20,24H,8-10H2,1-3H3,(H,26,28)(H,27,30);4-7,11-12,17-18,22H,8-10H2,1-3H3,(H,23,25)(H,24,28)(H,26,27);1-4H,(H,7,8,9);3-5H2,1-2H3;1-4H2;1-3H3;/q;;;;;;-1;+1/t22-,23-;19-,20-;17-,18-;;;;;/m000...../s1. The zero-order valence-corrected chi connectivity index (χ0v) is 74.5. The smallest absolute Gasteiger partial charge is 0.481 e. The number of benzene rings is 5. The Labute approximate surface area is 734 Å². The molecule has 6 amide bonds. The maximum Gasteiger partial charge on any atom is 1.00 e. The van der Waals surface area contributed by atoms with Gasteiger partial charge in [0.1, 0.15) is 52.8 Å². The van der Waals surface area contributed by atoms with Gasteiger partial charge < -0.3 is 76.4 Å². The number of esters is 3. The molecule has 1 saturated heterocycles. The third kappa shape index (κ3) is 37.6. The number of aliphatic carboxylic acids is 1. The molecule has 1 fully saturated rings. The summed E-state index contributed by atoms with van der Waals surface area (Å²) < 4.78 is 21.8. The maximum absolute atomic E-state index is 13.3. The minimum absolute atomic E-state index is 0. The van der Waals surface area contributed by atoms with Crippen LogP contribution in [0, 0.1) is 0 Å². The summed E-state index contributed by atoms with van der Waals surface area (Å²) in [5.41, 5.74) is 16.6. The molecule has 0 bridgehead atoms. The predicted molar refractivity (Wildman–Crippen MR) is 469 cm³/mol. The Morgan fingerprint density at radius 3 is 1.16 bits per heavy atom. The van der Waals surface area contributed by atoms with E-state index in [-0.39, 0.29) is 97.3 Å². The first-order valence-corrected chi connectivity index (χ1v) is 44.1.